The summed E-state index contributed by atoms with van der Waals surface area (Å²) in [6, 6.07) is 4.89. The van der Waals surface area contributed by atoms with Gasteiger partial charge in [0.05, 0.1) is 12.8 Å². The molecule has 0 bridgehead atoms. The van der Waals surface area contributed by atoms with Gasteiger partial charge in [-0.1, -0.05) is 0 Å². The minimum atomic E-state index is 0.399. The van der Waals surface area contributed by atoms with Gasteiger partial charge >= 0.3 is 0 Å². The molecule has 0 aliphatic heterocycles. The van der Waals surface area contributed by atoms with Gasteiger partial charge in [0.1, 0.15) is 5.76 Å². The van der Waals surface area contributed by atoms with Crippen LogP contribution in [0.1, 0.15) is 37.1 Å². The molecule has 0 radical (unpaired) electrons. The number of nitrogens with zero attached hydrogens (tertiary/aromatic N) is 2. The van der Waals surface area contributed by atoms with Crippen LogP contribution in [-0.4, -0.2) is 15.8 Å². The highest BCUT2D eigenvalue weighted by atomic mass is 16.3. The van der Waals surface area contributed by atoms with Crippen LogP contribution in [0.15, 0.2) is 35.2 Å². The first kappa shape index (κ1) is 11.5. The highest BCUT2D eigenvalue weighted by Crippen LogP contribution is 2.30. The van der Waals surface area contributed by atoms with Gasteiger partial charge in [-0.2, -0.15) is 5.10 Å². The fourth-order valence-electron chi connectivity index (χ4n) is 2.74. The number of rotatable bonds is 4. The maximum Gasteiger partial charge on any atom is 0.108 e. The average Bonchev–Trinajstić information content (AvgIpc) is 2.99. The van der Waals surface area contributed by atoms with Crippen LogP contribution in [0.5, 0.6) is 0 Å². The zero-order valence-electron chi connectivity index (χ0n) is 10.7. The number of hydrogen-bond donors (Lipinski definition) is 1. The molecule has 4 heteroatoms. The van der Waals surface area contributed by atoms with E-state index in [1.54, 1.807) is 0 Å². The lowest BCUT2D eigenvalue weighted by atomic mass is 9.93. The van der Waals surface area contributed by atoms with Crippen LogP contribution < -0.4 is 5.32 Å². The Morgan fingerprint density at radius 1 is 1.61 bits per heavy atom. The van der Waals surface area contributed by atoms with E-state index >= 15 is 0 Å². The summed E-state index contributed by atoms with van der Waals surface area (Å²) in [7, 11) is 0. The van der Waals surface area contributed by atoms with E-state index in [1.165, 1.54) is 18.4 Å². The number of hydrogen-bond acceptors (Lipinski definition) is 3. The smallest absolute Gasteiger partial charge is 0.108 e. The van der Waals surface area contributed by atoms with Crippen LogP contribution in [0.25, 0.3) is 0 Å². The van der Waals surface area contributed by atoms with E-state index in [9.17, 15) is 0 Å². The predicted molar refractivity (Wildman–Crippen MR) is 69.2 cm³/mol. The molecule has 0 fully saturated rings. The summed E-state index contributed by atoms with van der Waals surface area (Å²) < 4.78 is 7.49. The van der Waals surface area contributed by atoms with E-state index in [0.717, 1.165) is 18.7 Å². The molecule has 2 unspecified atom stereocenters. The normalized spacial score (nSPS) is 20.6. The molecule has 0 amide bonds. The molecule has 4 nitrogen and oxygen atoms in total. The van der Waals surface area contributed by atoms with E-state index in [-0.39, 0.29) is 0 Å². The Morgan fingerprint density at radius 3 is 3.39 bits per heavy atom. The Bertz CT molecular complexity index is 489. The van der Waals surface area contributed by atoms with E-state index in [0.29, 0.717) is 12.1 Å². The SMILES string of the molecule is CC(Cn1cccn1)NC1CCCc2occc21. The summed E-state index contributed by atoms with van der Waals surface area (Å²) in [5.41, 5.74) is 1.34. The van der Waals surface area contributed by atoms with E-state index in [1.807, 2.05) is 29.4 Å². The van der Waals surface area contributed by atoms with E-state index in [2.05, 4.69) is 23.4 Å². The molecule has 0 aromatic carbocycles. The largest absolute Gasteiger partial charge is 0.469 e. The Labute approximate surface area is 107 Å². The van der Waals surface area contributed by atoms with Gasteiger partial charge in [0, 0.05) is 36.5 Å². The first-order valence-electron chi connectivity index (χ1n) is 6.62. The number of nitrogens with one attached hydrogen (secondary N) is 1. The quantitative estimate of drug-likeness (QED) is 0.900. The fraction of sp³-hybridized carbons (Fsp3) is 0.500. The van der Waals surface area contributed by atoms with Crippen LogP contribution in [-0.2, 0) is 13.0 Å². The third kappa shape index (κ3) is 2.34. The van der Waals surface area contributed by atoms with Crippen molar-refractivity contribution in [1.82, 2.24) is 15.1 Å². The highest BCUT2D eigenvalue weighted by molar-refractivity contribution is 5.24. The topological polar surface area (TPSA) is 43.0 Å². The molecule has 0 saturated carbocycles. The van der Waals surface area contributed by atoms with Gasteiger partial charge in [0.15, 0.2) is 0 Å². The maximum atomic E-state index is 5.52. The summed E-state index contributed by atoms with van der Waals surface area (Å²) in [6.45, 7) is 3.10. The molecule has 3 rings (SSSR count). The second-order valence-electron chi connectivity index (χ2n) is 5.04. The van der Waals surface area contributed by atoms with Crippen LogP contribution >= 0.6 is 0 Å². The van der Waals surface area contributed by atoms with Crippen molar-refractivity contribution in [3.63, 3.8) is 0 Å². The molecule has 18 heavy (non-hydrogen) atoms. The third-order valence-electron chi connectivity index (χ3n) is 3.56. The molecule has 1 N–H and O–H groups in total. The maximum absolute atomic E-state index is 5.52. The van der Waals surface area contributed by atoms with Crippen molar-refractivity contribution in [1.29, 1.82) is 0 Å². The Kier molecular flexibility index (Phi) is 3.19. The second kappa shape index (κ2) is 4.98. The Morgan fingerprint density at radius 2 is 2.56 bits per heavy atom. The number of furan rings is 1. The molecule has 2 aromatic rings. The molecule has 2 heterocycles. The number of fused-ring (bicyclic) bond motifs is 1. The van der Waals surface area contributed by atoms with Crippen molar-refractivity contribution in [3.05, 3.63) is 42.1 Å². The van der Waals surface area contributed by atoms with Crippen molar-refractivity contribution >= 4 is 0 Å². The average molecular weight is 245 g/mol. The van der Waals surface area contributed by atoms with Gasteiger partial charge < -0.3 is 9.73 Å². The summed E-state index contributed by atoms with van der Waals surface area (Å²) in [5, 5.41) is 7.92. The van der Waals surface area contributed by atoms with Gasteiger partial charge in [-0.05, 0) is 31.9 Å². The number of aromatic nitrogens is 2. The molecule has 0 saturated heterocycles. The number of aryl methyl sites for hydroxylation is 1. The predicted octanol–water partition coefficient (Wildman–Crippen LogP) is 2.53. The molecular weight excluding hydrogens is 226 g/mol. The first-order valence-corrected chi connectivity index (χ1v) is 6.62. The van der Waals surface area contributed by atoms with Crippen LogP contribution in [0.3, 0.4) is 0 Å². The molecule has 2 aromatic heterocycles. The molecule has 96 valence electrons. The van der Waals surface area contributed by atoms with Crippen molar-refractivity contribution in [3.8, 4) is 0 Å². The van der Waals surface area contributed by atoms with Gasteiger partial charge in [-0.25, -0.2) is 0 Å². The van der Waals surface area contributed by atoms with E-state index < -0.39 is 0 Å². The summed E-state index contributed by atoms with van der Waals surface area (Å²) >= 11 is 0. The van der Waals surface area contributed by atoms with Crippen molar-refractivity contribution in [2.45, 2.75) is 44.8 Å². The summed E-state index contributed by atoms with van der Waals surface area (Å²) in [5.74, 6) is 1.16. The highest BCUT2D eigenvalue weighted by Gasteiger charge is 2.23. The lowest BCUT2D eigenvalue weighted by Crippen LogP contribution is -2.35. The van der Waals surface area contributed by atoms with Gasteiger partial charge in [0.25, 0.3) is 0 Å². The van der Waals surface area contributed by atoms with Crippen molar-refractivity contribution in [2.24, 2.45) is 0 Å². The zero-order valence-corrected chi connectivity index (χ0v) is 10.7. The Hall–Kier alpha value is -1.55. The van der Waals surface area contributed by atoms with E-state index in [4.69, 9.17) is 4.42 Å². The summed E-state index contributed by atoms with van der Waals surface area (Å²) in [4.78, 5) is 0. The molecule has 1 aliphatic rings. The summed E-state index contributed by atoms with van der Waals surface area (Å²) in [6.07, 6.45) is 9.10. The molecule has 0 spiro atoms. The molecule has 2 atom stereocenters. The third-order valence-corrected chi connectivity index (χ3v) is 3.56. The van der Waals surface area contributed by atoms with Gasteiger partial charge in [-0.3, -0.25) is 4.68 Å². The van der Waals surface area contributed by atoms with Crippen LogP contribution in [0.4, 0.5) is 0 Å². The molecular formula is C14H19N3O. The minimum absolute atomic E-state index is 0.399. The van der Waals surface area contributed by atoms with Gasteiger partial charge in [-0.15, -0.1) is 0 Å². The second-order valence-corrected chi connectivity index (χ2v) is 5.04. The zero-order chi connectivity index (χ0) is 12.4. The lowest BCUT2D eigenvalue weighted by molar-refractivity contribution is 0.355. The fourth-order valence-corrected chi connectivity index (χ4v) is 2.74. The minimum Gasteiger partial charge on any atom is -0.469 e. The van der Waals surface area contributed by atoms with Gasteiger partial charge in [0.2, 0.25) is 0 Å². The standard InChI is InChI=1S/C14H19N3O/c1-11(10-17-8-3-7-15-17)16-13-4-2-5-14-12(13)6-9-18-14/h3,6-9,11,13,16H,2,4-5,10H2,1H3. The van der Waals surface area contributed by atoms with Crippen LogP contribution in [0.2, 0.25) is 0 Å². The van der Waals surface area contributed by atoms with Crippen molar-refractivity contribution in [2.75, 3.05) is 0 Å². The monoisotopic (exact) mass is 245 g/mol. The lowest BCUT2D eigenvalue weighted by Gasteiger charge is -2.26. The van der Waals surface area contributed by atoms with Crippen molar-refractivity contribution < 1.29 is 4.42 Å². The Balaban J connectivity index is 1.64. The van der Waals surface area contributed by atoms with Crippen LogP contribution in [0, 0.1) is 0 Å². The molecule has 1 aliphatic carbocycles. The first-order chi connectivity index (χ1) is 8.83.